The first-order chi connectivity index (χ1) is 6.79. The second kappa shape index (κ2) is 3.74. The lowest BCUT2D eigenvalue weighted by Gasteiger charge is -2.07. The van der Waals surface area contributed by atoms with Gasteiger partial charge in [0.15, 0.2) is 0 Å². The average Bonchev–Trinajstić information content (AvgIpc) is 2.65. The summed E-state index contributed by atoms with van der Waals surface area (Å²) in [5.74, 6) is 2.26. The fourth-order valence-corrected chi connectivity index (χ4v) is 1.70. The van der Waals surface area contributed by atoms with Crippen LogP contribution in [0.15, 0.2) is 36.6 Å². The van der Waals surface area contributed by atoms with Gasteiger partial charge in [0.2, 0.25) is 0 Å². The largest absolute Gasteiger partial charge is 0.498 e. The van der Waals surface area contributed by atoms with Crippen molar-refractivity contribution < 1.29 is 9.47 Å². The second-order valence-electron chi connectivity index (χ2n) is 3.52. The lowest BCUT2D eigenvalue weighted by molar-refractivity contribution is 0.257. The van der Waals surface area contributed by atoms with E-state index in [0.29, 0.717) is 5.92 Å². The van der Waals surface area contributed by atoms with E-state index in [2.05, 4.69) is 18.7 Å². The van der Waals surface area contributed by atoms with Gasteiger partial charge in [-0.3, -0.25) is 0 Å². The van der Waals surface area contributed by atoms with Gasteiger partial charge in [-0.25, -0.2) is 0 Å². The van der Waals surface area contributed by atoms with Crippen LogP contribution in [0.25, 0.3) is 0 Å². The summed E-state index contributed by atoms with van der Waals surface area (Å²) in [6.07, 6.45) is 0.937. The molecular weight excluding hydrogens is 176 g/mol. The third kappa shape index (κ3) is 1.74. The van der Waals surface area contributed by atoms with E-state index in [9.17, 15) is 0 Å². The monoisotopic (exact) mass is 190 g/mol. The van der Waals surface area contributed by atoms with Gasteiger partial charge in [-0.15, -0.1) is 0 Å². The van der Waals surface area contributed by atoms with Crippen LogP contribution in [0.5, 0.6) is 5.75 Å². The van der Waals surface area contributed by atoms with Crippen molar-refractivity contribution in [3.63, 3.8) is 0 Å². The first-order valence-electron chi connectivity index (χ1n) is 4.74. The molecule has 2 heteroatoms. The summed E-state index contributed by atoms with van der Waals surface area (Å²) in [6.45, 7) is 4.57. The number of benzene rings is 1. The van der Waals surface area contributed by atoms with E-state index in [1.165, 1.54) is 5.56 Å². The van der Waals surface area contributed by atoms with Crippen molar-refractivity contribution in [1.29, 1.82) is 0 Å². The van der Waals surface area contributed by atoms with Gasteiger partial charge in [0.25, 0.3) is 0 Å². The topological polar surface area (TPSA) is 18.5 Å². The molecule has 1 aliphatic heterocycles. The van der Waals surface area contributed by atoms with E-state index < -0.39 is 0 Å². The first-order valence-corrected chi connectivity index (χ1v) is 4.74. The highest BCUT2D eigenvalue weighted by Gasteiger charge is 2.20. The molecule has 1 unspecified atom stereocenters. The van der Waals surface area contributed by atoms with Gasteiger partial charge in [-0.05, 0) is 17.7 Å². The number of hydrogen-bond donors (Lipinski definition) is 0. The summed E-state index contributed by atoms with van der Waals surface area (Å²) >= 11 is 0. The average molecular weight is 190 g/mol. The summed E-state index contributed by atoms with van der Waals surface area (Å²) in [5.41, 5.74) is 1.30. The van der Waals surface area contributed by atoms with Gasteiger partial charge in [0.1, 0.15) is 5.75 Å². The van der Waals surface area contributed by atoms with E-state index in [0.717, 1.165) is 24.5 Å². The van der Waals surface area contributed by atoms with Crippen LogP contribution >= 0.6 is 0 Å². The van der Waals surface area contributed by atoms with Crippen LogP contribution in [0.3, 0.4) is 0 Å². The SMILES string of the molecule is C=C1CC(c2ccc(OC)cc2)CO1. The van der Waals surface area contributed by atoms with E-state index in [-0.39, 0.29) is 0 Å². The summed E-state index contributed by atoms with van der Waals surface area (Å²) < 4.78 is 10.5. The van der Waals surface area contributed by atoms with Gasteiger partial charge >= 0.3 is 0 Å². The molecule has 1 aliphatic rings. The summed E-state index contributed by atoms with van der Waals surface area (Å²) in [5, 5.41) is 0. The standard InChI is InChI=1S/C12H14O2/c1-9-7-11(8-14-9)10-3-5-12(13-2)6-4-10/h3-6,11H,1,7-8H2,2H3. The summed E-state index contributed by atoms with van der Waals surface area (Å²) in [4.78, 5) is 0. The normalized spacial score (nSPS) is 20.6. The second-order valence-corrected chi connectivity index (χ2v) is 3.52. The van der Waals surface area contributed by atoms with Crippen LogP contribution in [0.1, 0.15) is 17.9 Å². The Labute approximate surface area is 84.2 Å². The molecule has 2 rings (SSSR count). The molecule has 1 aromatic carbocycles. The zero-order chi connectivity index (χ0) is 9.97. The summed E-state index contributed by atoms with van der Waals surface area (Å²) in [7, 11) is 1.68. The minimum atomic E-state index is 0.466. The number of rotatable bonds is 2. The third-order valence-corrected chi connectivity index (χ3v) is 2.55. The Morgan fingerprint density at radius 2 is 2.07 bits per heavy atom. The molecule has 74 valence electrons. The molecule has 0 spiro atoms. The predicted octanol–water partition coefficient (Wildman–Crippen LogP) is 2.71. The number of hydrogen-bond acceptors (Lipinski definition) is 2. The lowest BCUT2D eigenvalue weighted by Crippen LogP contribution is -1.96. The zero-order valence-corrected chi connectivity index (χ0v) is 8.32. The number of ether oxygens (including phenoxy) is 2. The lowest BCUT2D eigenvalue weighted by atomic mass is 9.98. The van der Waals surface area contributed by atoms with E-state index in [4.69, 9.17) is 9.47 Å². The molecule has 0 saturated carbocycles. The molecule has 0 aromatic heterocycles. The Balaban J connectivity index is 2.13. The Hall–Kier alpha value is -1.44. The molecular formula is C12H14O2. The third-order valence-electron chi connectivity index (χ3n) is 2.55. The molecule has 2 nitrogen and oxygen atoms in total. The molecule has 0 aliphatic carbocycles. The first kappa shape index (κ1) is 9.13. The molecule has 1 aromatic rings. The van der Waals surface area contributed by atoms with Crippen LogP contribution in [-0.4, -0.2) is 13.7 Å². The van der Waals surface area contributed by atoms with Crippen LogP contribution in [0.2, 0.25) is 0 Å². The van der Waals surface area contributed by atoms with Gasteiger partial charge in [0.05, 0.1) is 19.5 Å². The van der Waals surface area contributed by atoms with E-state index in [1.807, 2.05) is 12.1 Å². The molecule has 1 fully saturated rings. The molecule has 1 atom stereocenters. The molecule has 0 N–H and O–H groups in total. The Morgan fingerprint density at radius 1 is 1.36 bits per heavy atom. The molecule has 0 radical (unpaired) electrons. The van der Waals surface area contributed by atoms with Crippen molar-refractivity contribution in [2.75, 3.05) is 13.7 Å². The van der Waals surface area contributed by atoms with Crippen LogP contribution in [-0.2, 0) is 4.74 Å². The minimum absolute atomic E-state index is 0.466. The van der Waals surface area contributed by atoms with Gasteiger partial charge in [-0.1, -0.05) is 18.7 Å². The fraction of sp³-hybridized carbons (Fsp3) is 0.333. The van der Waals surface area contributed by atoms with Crippen molar-refractivity contribution >= 4 is 0 Å². The Morgan fingerprint density at radius 3 is 2.57 bits per heavy atom. The minimum Gasteiger partial charge on any atom is -0.498 e. The molecule has 14 heavy (non-hydrogen) atoms. The quantitative estimate of drug-likeness (QED) is 0.713. The summed E-state index contributed by atoms with van der Waals surface area (Å²) in [6, 6.07) is 8.14. The maximum absolute atomic E-state index is 5.35. The Bertz CT molecular complexity index is 327. The molecule has 0 bridgehead atoms. The fourth-order valence-electron chi connectivity index (χ4n) is 1.70. The number of allylic oxidation sites excluding steroid dienone is 1. The highest BCUT2D eigenvalue weighted by atomic mass is 16.5. The smallest absolute Gasteiger partial charge is 0.118 e. The van der Waals surface area contributed by atoms with Crippen molar-refractivity contribution in [2.45, 2.75) is 12.3 Å². The van der Waals surface area contributed by atoms with Crippen molar-refractivity contribution in [3.8, 4) is 5.75 Å². The Kier molecular flexibility index (Phi) is 2.44. The maximum atomic E-state index is 5.35. The highest BCUT2D eigenvalue weighted by Crippen LogP contribution is 2.31. The van der Waals surface area contributed by atoms with Crippen molar-refractivity contribution in [2.24, 2.45) is 0 Å². The molecule has 1 heterocycles. The van der Waals surface area contributed by atoms with E-state index in [1.54, 1.807) is 7.11 Å². The van der Waals surface area contributed by atoms with Crippen molar-refractivity contribution in [1.82, 2.24) is 0 Å². The highest BCUT2D eigenvalue weighted by molar-refractivity contribution is 5.30. The van der Waals surface area contributed by atoms with Crippen LogP contribution in [0, 0.1) is 0 Å². The van der Waals surface area contributed by atoms with E-state index >= 15 is 0 Å². The molecule has 1 saturated heterocycles. The van der Waals surface area contributed by atoms with Crippen LogP contribution < -0.4 is 4.74 Å². The van der Waals surface area contributed by atoms with Gasteiger partial charge in [0, 0.05) is 12.3 Å². The van der Waals surface area contributed by atoms with Crippen LogP contribution in [0.4, 0.5) is 0 Å². The van der Waals surface area contributed by atoms with Gasteiger partial charge < -0.3 is 9.47 Å². The van der Waals surface area contributed by atoms with Crippen molar-refractivity contribution in [3.05, 3.63) is 42.2 Å². The maximum Gasteiger partial charge on any atom is 0.118 e. The number of methoxy groups -OCH3 is 1. The predicted molar refractivity (Wildman–Crippen MR) is 55.4 cm³/mol. The zero-order valence-electron chi connectivity index (χ0n) is 8.32. The van der Waals surface area contributed by atoms with Gasteiger partial charge in [-0.2, -0.15) is 0 Å². The molecule has 0 amide bonds.